The lowest BCUT2D eigenvalue weighted by Gasteiger charge is -2.21. The third-order valence-electron chi connectivity index (χ3n) is 2.48. The van der Waals surface area contributed by atoms with Crippen molar-refractivity contribution in [2.24, 2.45) is 11.7 Å². The highest BCUT2D eigenvalue weighted by Crippen LogP contribution is 2.27. The minimum Gasteiger partial charge on any atom is -0.327 e. The quantitative estimate of drug-likeness (QED) is 0.602. The van der Waals surface area contributed by atoms with E-state index in [2.05, 4.69) is 19.6 Å². The van der Waals surface area contributed by atoms with Gasteiger partial charge in [-0.25, -0.2) is 0 Å². The van der Waals surface area contributed by atoms with Crippen LogP contribution in [0.15, 0.2) is 23.8 Å². The van der Waals surface area contributed by atoms with E-state index in [0.29, 0.717) is 12.5 Å². The van der Waals surface area contributed by atoms with E-state index in [1.807, 2.05) is 0 Å². The van der Waals surface area contributed by atoms with Crippen molar-refractivity contribution in [3.63, 3.8) is 0 Å². The Morgan fingerprint density at radius 2 is 2.55 bits per heavy atom. The molecule has 0 amide bonds. The van der Waals surface area contributed by atoms with Crippen LogP contribution in [0, 0.1) is 5.92 Å². The molecule has 0 aliphatic heterocycles. The summed E-state index contributed by atoms with van der Waals surface area (Å²) in [7, 11) is 0. The van der Waals surface area contributed by atoms with Crippen molar-refractivity contribution >= 4 is 0 Å². The topological polar surface area (TPSA) is 26.0 Å². The molecule has 0 aromatic heterocycles. The first kappa shape index (κ1) is 8.54. The fourth-order valence-corrected chi connectivity index (χ4v) is 1.50. The Morgan fingerprint density at radius 1 is 1.82 bits per heavy atom. The summed E-state index contributed by atoms with van der Waals surface area (Å²) >= 11 is 0. The van der Waals surface area contributed by atoms with E-state index in [9.17, 15) is 0 Å². The predicted octanol–water partition coefficient (Wildman–Crippen LogP) is 2.25. The Hall–Kier alpha value is -0.560. The van der Waals surface area contributed by atoms with Gasteiger partial charge in [-0.1, -0.05) is 23.8 Å². The van der Waals surface area contributed by atoms with Crippen molar-refractivity contribution in [2.45, 2.75) is 26.2 Å². The summed E-state index contributed by atoms with van der Waals surface area (Å²) in [6.45, 7) is 6.81. The Morgan fingerprint density at radius 3 is 3.00 bits per heavy atom. The highest BCUT2D eigenvalue weighted by molar-refractivity contribution is 5.12. The molecule has 1 atom stereocenters. The molecule has 1 heteroatoms. The highest BCUT2D eigenvalue weighted by Gasteiger charge is 2.13. The molecule has 1 unspecified atom stereocenters. The molecule has 0 fully saturated rings. The van der Waals surface area contributed by atoms with Crippen LogP contribution in [0.1, 0.15) is 26.2 Å². The van der Waals surface area contributed by atoms with Crippen molar-refractivity contribution in [3.05, 3.63) is 23.8 Å². The molecular formula is C10H17N. The minimum atomic E-state index is 0.650. The molecule has 0 radical (unpaired) electrons. The van der Waals surface area contributed by atoms with Crippen LogP contribution in [0.4, 0.5) is 0 Å². The SMILES string of the molecule is C=C(CN)C1CC=C(C)CC1. The molecule has 1 rings (SSSR count). The van der Waals surface area contributed by atoms with Crippen molar-refractivity contribution < 1.29 is 0 Å². The van der Waals surface area contributed by atoms with Gasteiger partial charge in [-0.3, -0.25) is 0 Å². The summed E-state index contributed by atoms with van der Waals surface area (Å²) in [5.41, 5.74) is 8.25. The van der Waals surface area contributed by atoms with Crippen LogP contribution in [0.3, 0.4) is 0 Å². The van der Waals surface area contributed by atoms with Gasteiger partial charge in [0.2, 0.25) is 0 Å². The van der Waals surface area contributed by atoms with Gasteiger partial charge in [0.15, 0.2) is 0 Å². The Bertz CT molecular complexity index is 179. The average Bonchev–Trinajstić information content (AvgIpc) is 2.05. The van der Waals surface area contributed by atoms with Gasteiger partial charge in [0.1, 0.15) is 0 Å². The maximum absolute atomic E-state index is 5.52. The fraction of sp³-hybridized carbons (Fsp3) is 0.600. The van der Waals surface area contributed by atoms with Crippen LogP contribution >= 0.6 is 0 Å². The Labute approximate surface area is 69.0 Å². The monoisotopic (exact) mass is 151 g/mol. The van der Waals surface area contributed by atoms with Crippen molar-refractivity contribution in [2.75, 3.05) is 6.54 Å². The minimum absolute atomic E-state index is 0.650. The number of nitrogens with two attached hydrogens (primary N) is 1. The molecule has 0 saturated carbocycles. The predicted molar refractivity (Wildman–Crippen MR) is 49.3 cm³/mol. The summed E-state index contributed by atoms with van der Waals surface area (Å²) in [6.07, 6.45) is 5.94. The summed E-state index contributed by atoms with van der Waals surface area (Å²) in [4.78, 5) is 0. The second-order valence-corrected chi connectivity index (χ2v) is 3.38. The first-order chi connectivity index (χ1) is 5.24. The highest BCUT2D eigenvalue weighted by atomic mass is 14.5. The lowest BCUT2D eigenvalue weighted by Crippen LogP contribution is -2.14. The van der Waals surface area contributed by atoms with Gasteiger partial charge in [0.25, 0.3) is 0 Å². The first-order valence-corrected chi connectivity index (χ1v) is 4.27. The number of hydrogen-bond donors (Lipinski definition) is 1. The van der Waals surface area contributed by atoms with Gasteiger partial charge in [0.05, 0.1) is 0 Å². The summed E-state index contributed by atoms with van der Waals surface area (Å²) in [5, 5.41) is 0. The van der Waals surface area contributed by atoms with Crippen molar-refractivity contribution in [3.8, 4) is 0 Å². The summed E-state index contributed by atoms with van der Waals surface area (Å²) < 4.78 is 0. The molecule has 1 aliphatic carbocycles. The standard InChI is InChI=1S/C10H17N/c1-8-3-5-10(6-4-8)9(2)7-11/h3,10H,2,4-7,11H2,1H3. The lowest BCUT2D eigenvalue weighted by molar-refractivity contribution is 0.533. The summed E-state index contributed by atoms with van der Waals surface area (Å²) in [5.74, 6) is 0.656. The third kappa shape index (κ3) is 2.19. The second kappa shape index (κ2) is 3.72. The molecular weight excluding hydrogens is 134 g/mol. The maximum atomic E-state index is 5.52. The number of allylic oxidation sites excluding steroid dienone is 2. The molecule has 0 heterocycles. The van der Waals surface area contributed by atoms with Gasteiger partial charge in [-0.2, -0.15) is 0 Å². The molecule has 11 heavy (non-hydrogen) atoms. The van der Waals surface area contributed by atoms with Crippen LogP contribution in [0.2, 0.25) is 0 Å². The van der Waals surface area contributed by atoms with Crippen LogP contribution < -0.4 is 5.73 Å². The van der Waals surface area contributed by atoms with Gasteiger partial charge in [-0.15, -0.1) is 0 Å². The van der Waals surface area contributed by atoms with Gasteiger partial charge in [-0.05, 0) is 32.1 Å². The van der Waals surface area contributed by atoms with E-state index in [-0.39, 0.29) is 0 Å². The van der Waals surface area contributed by atoms with E-state index in [1.54, 1.807) is 0 Å². The van der Waals surface area contributed by atoms with Crippen molar-refractivity contribution in [1.82, 2.24) is 0 Å². The zero-order valence-electron chi connectivity index (χ0n) is 7.27. The number of rotatable bonds is 2. The first-order valence-electron chi connectivity index (χ1n) is 4.27. The largest absolute Gasteiger partial charge is 0.327 e. The van der Waals surface area contributed by atoms with Gasteiger partial charge in [0, 0.05) is 6.54 Å². The van der Waals surface area contributed by atoms with Crippen LogP contribution in [-0.2, 0) is 0 Å². The van der Waals surface area contributed by atoms with E-state index in [4.69, 9.17) is 5.73 Å². The molecule has 0 saturated heterocycles. The molecule has 0 bridgehead atoms. The van der Waals surface area contributed by atoms with E-state index < -0.39 is 0 Å². The normalized spacial score (nSPS) is 24.5. The second-order valence-electron chi connectivity index (χ2n) is 3.38. The molecule has 62 valence electrons. The lowest BCUT2D eigenvalue weighted by atomic mass is 9.85. The van der Waals surface area contributed by atoms with E-state index in [1.165, 1.54) is 24.0 Å². The Kier molecular flexibility index (Phi) is 2.89. The van der Waals surface area contributed by atoms with Crippen LogP contribution in [-0.4, -0.2) is 6.54 Å². The van der Waals surface area contributed by atoms with Crippen molar-refractivity contribution in [1.29, 1.82) is 0 Å². The van der Waals surface area contributed by atoms with Gasteiger partial charge < -0.3 is 5.73 Å². The van der Waals surface area contributed by atoms with E-state index in [0.717, 1.165) is 6.42 Å². The van der Waals surface area contributed by atoms with E-state index >= 15 is 0 Å². The molecule has 2 N–H and O–H groups in total. The zero-order valence-corrected chi connectivity index (χ0v) is 7.27. The van der Waals surface area contributed by atoms with Gasteiger partial charge >= 0.3 is 0 Å². The fourth-order valence-electron chi connectivity index (χ4n) is 1.50. The zero-order chi connectivity index (χ0) is 8.27. The molecule has 0 aromatic carbocycles. The molecule has 0 spiro atoms. The molecule has 1 aliphatic rings. The van der Waals surface area contributed by atoms with Crippen LogP contribution in [0.25, 0.3) is 0 Å². The Balaban J connectivity index is 2.47. The molecule has 1 nitrogen and oxygen atoms in total. The third-order valence-corrected chi connectivity index (χ3v) is 2.48. The smallest absolute Gasteiger partial charge is 0.0137 e. The molecule has 0 aromatic rings. The average molecular weight is 151 g/mol. The van der Waals surface area contributed by atoms with Crippen LogP contribution in [0.5, 0.6) is 0 Å². The summed E-state index contributed by atoms with van der Waals surface area (Å²) in [6, 6.07) is 0. The maximum Gasteiger partial charge on any atom is 0.0137 e. The number of hydrogen-bond acceptors (Lipinski definition) is 1.